The van der Waals surface area contributed by atoms with Gasteiger partial charge in [-0.1, -0.05) is 29.8 Å². The van der Waals surface area contributed by atoms with Crippen LogP contribution in [0.25, 0.3) is 0 Å². The second-order valence-electron chi connectivity index (χ2n) is 7.46. The van der Waals surface area contributed by atoms with E-state index < -0.39 is 0 Å². The molecule has 0 radical (unpaired) electrons. The number of nitrogens with zero attached hydrogens (tertiary/aromatic N) is 1. The van der Waals surface area contributed by atoms with Gasteiger partial charge in [0.15, 0.2) is 0 Å². The van der Waals surface area contributed by atoms with Gasteiger partial charge in [-0.3, -0.25) is 9.59 Å². The molecule has 0 spiro atoms. The zero-order valence-corrected chi connectivity index (χ0v) is 16.7. The number of carbonyl (C=O) groups is 2. The molecule has 1 aliphatic rings. The molecule has 0 aliphatic carbocycles. The third-order valence-electron chi connectivity index (χ3n) is 5.03. The summed E-state index contributed by atoms with van der Waals surface area (Å²) in [6.07, 6.45) is 1.83. The van der Waals surface area contributed by atoms with Crippen LogP contribution in [0.5, 0.6) is 5.75 Å². The monoisotopic (exact) mass is 398 g/mol. The second-order valence-corrected chi connectivity index (χ2v) is 7.46. The van der Waals surface area contributed by atoms with Crippen molar-refractivity contribution in [1.82, 2.24) is 10.2 Å². The Morgan fingerprint density at radius 2 is 1.86 bits per heavy atom. The highest BCUT2D eigenvalue weighted by Crippen LogP contribution is 2.20. The average molecular weight is 398 g/mol. The van der Waals surface area contributed by atoms with Gasteiger partial charge in [0.2, 0.25) is 11.8 Å². The number of nitrogens with one attached hydrogen (secondary N) is 1. The van der Waals surface area contributed by atoms with E-state index >= 15 is 0 Å². The van der Waals surface area contributed by atoms with Gasteiger partial charge in [0.1, 0.15) is 11.6 Å². The van der Waals surface area contributed by atoms with Crippen molar-refractivity contribution in [2.24, 2.45) is 5.92 Å². The van der Waals surface area contributed by atoms with Gasteiger partial charge >= 0.3 is 0 Å². The number of halogens is 1. The molecule has 154 valence electrons. The fourth-order valence-corrected chi connectivity index (χ4v) is 3.32. The third-order valence-corrected chi connectivity index (χ3v) is 5.03. The molecule has 1 heterocycles. The quantitative estimate of drug-likeness (QED) is 0.658. The minimum atomic E-state index is -0.289. The molecule has 1 N–H and O–H groups in total. The molecule has 2 aromatic carbocycles. The smallest absolute Gasteiger partial charge is 0.225 e. The van der Waals surface area contributed by atoms with Crippen molar-refractivity contribution >= 4 is 11.8 Å². The van der Waals surface area contributed by atoms with Gasteiger partial charge in [0.25, 0.3) is 0 Å². The zero-order chi connectivity index (χ0) is 20.6. The molecule has 6 heteroatoms. The van der Waals surface area contributed by atoms with Crippen LogP contribution >= 0.6 is 0 Å². The van der Waals surface area contributed by atoms with Crippen molar-refractivity contribution < 1.29 is 18.7 Å². The van der Waals surface area contributed by atoms with Crippen LogP contribution in [-0.4, -0.2) is 36.4 Å². The minimum Gasteiger partial charge on any atom is -0.494 e. The predicted molar refractivity (Wildman–Crippen MR) is 109 cm³/mol. The van der Waals surface area contributed by atoms with Gasteiger partial charge in [-0.15, -0.1) is 0 Å². The summed E-state index contributed by atoms with van der Waals surface area (Å²) >= 11 is 0. The number of aryl methyl sites for hydroxylation is 1. The fourth-order valence-electron chi connectivity index (χ4n) is 3.32. The summed E-state index contributed by atoms with van der Waals surface area (Å²) in [6, 6.07) is 14.0. The predicted octanol–water partition coefficient (Wildman–Crippen LogP) is 3.46. The topological polar surface area (TPSA) is 58.6 Å². The van der Waals surface area contributed by atoms with Crippen molar-refractivity contribution in [1.29, 1.82) is 0 Å². The van der Waals surface area contributed by atoms with E-state index in [2.05, 4.69) is 5.32 Å². The average Bonchev–Trinajstić information content (AvgIpc) is 3.08. The van der Waals surface area contributed by atoms with Crippen LogP contribution in [0.4, 0.5) is 4.39 Å². The molecular formula is C23H27FN2O3. The molecule has 0 aromatic heterocycles. The van der Waals surface area contributed by atoms with Crippen LogP contribution in [0.1, 0.15) is 30.4 Å². The Morgan fingerprint density at radius 3 is 2.59 bits per heavy atom. The van der Waals surface area contributed by atoms with Crippen molar-refractivity contribution in [2.45, 2.75) is 32.7 Å². The number of likely N-dealkylation sites (tertiary alicyclic amines) is 1. The van der Waals surface area contributed by atoms with Crippen molar-refractivity contribution in [3.05, 3.63) is 65.5 Å². The first kappa shape index (κ1) is 20.8. The molecule has 1 saturated heterocycles. The summed E-state index contributed by atoms with van der Waals surface area (Å²) < 4.78 is 18.4. The molecule has 29 heavy (non-hydrogen) atoms. The minimum absolute atomic E-state index is 0.0263. The number of benzene rings is 2. The third kappa shape index (κ3) is 6.31. The summed E-state index contributed by atoms with van der Waals surface area (Å²) in [5.74, 6) is 0.0162. The Bertz CT molecular complexity index is 821. The van der Waals surface area contributed by atoms with Crippen LogP contribution in [-0.2, 0) is 16.1 Å². The van der Waals surface area contributed by atoms with E-state index in [-0.39, 0.29) is 30.0 Å². The molecule has 2 amide bonds. The summed E-state index contributed by atoms with van der Waals surface area (Å²) in [6.45, 7) is 4.10. The maximum Gasteiger partial charge on any atom is 0.225 e. The van der Waals surface area contributed by atoms with E-state index in [1.165, 1.54) is 17.7 Å². The molecule has 2 aromatic rings. The number of unbranched alkanes of at least 4 members (excludes halogenated alkanes) is 1. The molecule has 3 rings (SSSR count). The Hall–Kier alpha value is -2.89. The molecule has 1 fully saturated rings. The van der Waals surface area contributed by atoms with E-state index in [1.54, 1.807) is 17.0 Å². The van der Waals surface area contributed by atoms with Crippen LogP contribution in [0.2, 0.25) is 0 Å². The fraction of sp³-hybridized carbons (Fsp3) is 0.391. The summed E-state index contributed by atoms with van der Waals surface area (Å²) in [5.41, 5.74) is 2.26. The van der Waals surface area contributed by atoms with E-state index in [0.717, 1.165) is 18.4 Å². The Morgan fingerprint density at radius 1 is 1.14 bits per heavy atom. The lowest BCUT2D eigenvalue weighted by molar-refractivity contribution is -0.129. The molecule has 1 atom stereocenters. The Kier molecular flexibility index (Phi) is 7.22. The van der Waals surface area contributed by atoms with Crippen LogP contribution < -0.4 is 10.1 Å². The van der Waals surface area contributed by atoms with Gasteiger partial charge in [-0.05, 0) is 49.6 Å². The van der Waals surface area contributed by atoms with Gasteiger partial charge in [-0.2, -0.15) is 0 Å². The number of amides is 2. The van der Waals surface area contributed by atoms with Gasteiger partial charge < -0.3 is 15.0 Å². The van der Waals surface area contributed by atoms with Crippen molar-refractivity contribution in [2.75, 3.05) is 19.7 Å². The second kappa shape index (κ2) is 10.0. The molecule has 0 saturated carbocycles. The van der Waals surface area contributed by atoms with Gasteiger partial charge in [0, 0.05) is 26.1 Å². The summed E-state index contributed by atoms with van der Waals surface area (Å²) in [5, 5.41) is 2.92. The SMILES string of the molecule is Cc1ccc(CN2CC(C(=O)NCCCCOc3ccc(F)cc3)CC2=O)cc1. The first-order valence-electron chi connectivity index (χ1n) is 10.0. The lowest BCUT2D eigenvalue weighted by Gasteiger charge is -2.17. The van der Waals surface area contributed by atoms with Crippen molar-refractivity contribution in [3.63, 3.8) is 0 Å². The Balaban J connectivity index is 1.32. The summed E-state index contributed by atoms with van der Waals surface area (Å²) in [4.78, 5) is 26.4. The lowest BCUT2D eigenvalue weighted by Crippen LogP contribution is -2.33. The zero-order valence-electron chi connectivity index (χ0n) is 16.7. The molecule has 1 unspecified atom stereocenters. The first-order valence-corrected chi connectivity index (χ1v) is 10.0. The van der Waals surface area contributed by atoms with E-state index in [1.807, 2.05) is 31.2 Å². The number of hydrogen-bond acceptors (Lipinski definition) is 3. The number of hydrogen-bond donors (Lipinski definition) is 1. The van der Waals surface area contributed by atoms with Crippen LogP contribution in [0.15, 0.2) is 48.5 Å². The highest BCUT2D eigenvalue weighted by atomic mass is 19.1. The number of rotatable bonds is 9. The van der Waals surface area contributed by atoms with Gasteiger partial charge in [-0.25, -0.2) is 4.39 Å². The Labute approximate surface area is 170 Å². The molecule has 5 nitrogen and oxygen atoms in total. The number of carbonyl (C=O) groups excluding carboxylic acids is 2. The van der Waals surface area contributed by atoms with Crippen molar-refractivity contribution in [3.8, 4) is 5.75 Å². The van der Waals surface area contributed by atoms with E-state index in [4.69, 9.17) is 4.74 Å². The van der Waals surface area contributed by atoms with E-state index in [9.17, 15) is 14.0 Å². The van der Waals surface area contributed by atoms with Crippen LogP contribution in [0, 0.1) is 18.7 Å². The maximum absolute atomic E-state index is 12.8. The summed E-state index contributed by atoms with van der Waals surface area (Å²) in [7, 11) is 0. The van der Waals surface area contributed by atoms with E-state index in [0.29, 0.717) is 32.0 Å². The molecule has 1 aliphatic heterocycles. The first-order chi connectivity index (χ1) is 14.0. The molecule has 0 bridgehead atoms. The van der Waals surface area contributed by atoms with Gasteiger partial charge in [0.05, 0.1) is 12.5 Å². The van der Waals surface area contributed by atoms with Crippen LogP contribution in [0.3, 0.4) is 0 Å². The normalized spacial score (nSPS) is 16.1. The standard InChI is InChI=1S/C23H27FN2O3/c1-17-4-6-18(7-5-17)15-26-16-19(14-22(26)27)23(28)25-12-2-3-13-29-21-10-8-20(24)9-11-21/h4-11,19H,2-3,12-16H2,1H3,(H,25,28). The largest absolute Gasteiger partial charge is 0.494 e. The molecular weight excluding hydrogens is 371 g/mol. The highest BCUT2D eigenvalue weighted by molar-refractivity contribution is 5.89. The maximum atomic E-state index is 12.8. The lowest BCUT2D eigenvalue weighted by atomic mass is 10.1. The highest BCUT2D eigenvalue weighted by Gasteiger charge is 2.33. The number of ether oxygens (including phenoxy) is 1.